The third kappa shape index (κ3) is 2.51. The second kappa shape index (κ2) is 5.42. The number of rotatable bonds is 2. The molecule has 0 fully saturated rings. The molecular weight excluding hydrogens is 382 g/mol. The first kappa shape index (κ1) is 13.4. The van der Waals surface area contributed by atoms with Gasteiger partial charge in [0.1, 0.15) is 0 Å². The van der Waals surface area contributed by atoms with E-state index in [2.05, 4.69) is 42.2 Å². The zero-order chi connectivity index (χ0) is 14.1. The Morgan fingerprint density at radius 2 is 1.85 bits per heavy atom. The van der Waals surface area contributed by atoms with Gasteiger partial charge in [0.2, 0.25) is 0 Å². The zero-order valence-electron chi connectivity index (χ0n) is 10.4. The topological polar surface area (TPSA) is 50.9 Å². The van der Waals surface area contributed by atoms with Gasteiger partial charge in [-0.25, -0.2) is 0 Å². The monoisotopic (exact) mass is 391 g/mol. The van der Waals surface area contributed by atoms with Gasteiger partial charge < -0.3 is 11.1 Å². The van der Waals surface area contributed by atoms with Gasteiger partial charge in [0.25, 0.3) is 0 Å². The number of pyridine rings is 1. The maximum absolute atomic E-state index is 5.97. The molecule has 3 rings (SSSR count). The SMILES string of the molecule is Nc1cccc2c(Nc3cc(Br)ccc3Br)ccnc12. The van der Waals surface area contributed by atoms with Gasteiger partial charge >= 0.3 is 0 Å². The third-order valence-corrected chi connectivity index (χ3v) is 4.18. The summed E-state index contributed by atoms with van der Waals surface area (Å²) in [5.74, 6) is 0. The second-order valence-corrected chi connectivity index (χ2v) is 6.12. The van der Waals surface area contributed by atoms with Crippen LogP contribution in [0.2, 0.25) is 0 Å². The van der Waals surface area contributed by atoms with Crippen LogP contribution in [0.1, 0.15) is 0 Å². The number of halogens is 2. The minimum Gasteiger partial charge on any atom is -0.397 e. The fourth-order valence-corrected chi connectivity index (χ4v) is 2.75. The molecule has 3 nitrogen and oxygen atoms in total. The molecule has 2 aromatic carbocycles. The lowest BCUT2D eigenvalue weighted by Crippen LogP contribution is -1.95. The molecule has 0 unspecified atom stereocenters. The zero-order valence-corrected chi connectivity index (χ0v) is 13.6. The molecule has 1 aromatic heterocycles. The van der Waals surface area contributed by atoms with Crippen LogP contribution in [0.5, 0.6) is 0 Å². The number of anilines is 3. The van der Waals surface area contributed by atoms with Crippen LogP contribution in [0.3, 0.4) is 0 Å². The van der Waals surface area contributed by atoms with Crippen molar-refractivity contribution in [2.45, 2.75) is 0 Å². The van der Waals surface area contributed by atoms with E-state index < -0.39 is 0 Å². The van der Waals surface area contributed by atoms with Crippen molar-refractivity contribution in [1.29, 1.82) is 0 Å². The molecule has 0 aliphatic carbocycles. The summed E-state index contributed by atoms with van der Waals surface area (Å²) in [6.07, 6.45) is 1.76. The highest BCUT2D eigenvalue weighted by molar-refractivity contribution is 9.11. The molecule has 0 saturated carbocycles. The van der Waals surface area contributed by atoms with Crippen LogP contribution >= 0.6 is 31.9 Å². The van der Waals surface area contributed by atoms with E-state index in [1.165, 1.54) is 0 Å². The number of nitrogens with two attached hydrogens (primary N) is 1. The summed E-state index contributed by atoms with van der Waals surface area (Å²) < 4.78 is 2.01. The standard InChI is InChI=1S/C15H11Br2N3/c16-9-4-5-11(17)14(8-9)20-13-6-7-19-15-10(13)2-1-3-12(15)18/h1-8H,18H2,(H,19,20). The summed E-state index contributed by atoms with van der Waals surface area (Å²) in [5, 5.41) is 4.41. The number of aromatic nitrogens is 1. The van der Waals surface area contributed by atoms with E-state index in [9.17, 15) is 0 Å². The summed E-state index contributed by atoms with van der Waals surface area (Å²) in [6, 6.07) is 13.7. The molecule has 3 N–H and O–H groups in total. The third-order valence-electron chi connectivity index (χ3n) is 3.00. The smallest absolute Gasteiger partial charge is 0.0951 e. The molecule has 0 atom stereocenters. The van der Waals surface area contributed by atoms with Crippen LogP contribution in [0, 0.1) is 0 Å². The van der Waals surface area contributed by atoms with Gasteiger partial charge in [-0.05, 0) is 46.3 Å². The fourth-order valence-electron chi connectivity index (χ4n) is 2.05. The predicted molar refractivity (Wildman–Crippen MR) is 91.3 cm³/mol. The van der Waals surface area contributed by atoms with E-state index >= 15 is 0 Å². The number of nitrogens with one attached hydrogen (secondary N) is 1. The Morgan fingerprint density at radius 3 is 2.70 bits per heavy atom. The first-order valence-electron chi connectivity index (χ1n) is 6.00. The lowest BCUT2D eigenvalue weighted by molar-refractivity contribution is 1.40. The van der Waals surface area contributed by atoms with Crippen LogP contribution in [-0.4, -0.2) is 4.98 Å². The lowest BCUT2D eigenvalue weighted by Gasteiger charge is -2.12. The normalized spacial score (nSPS) is 10.7. The van der Waals surface area contributed by atoms with E-state index in [-0.39, 0.29) is 0 Å². The minimum atomic E-state index is 0.680. The number of hydrogen-bond acceptors (Lipinski definition) is 3. The van der Waals surface area contributed by atoms with Gasteiger partial charge in [0.15, 0.2) is 0 Å². The Labute approximate surface area is 133 Å². The Kier molecular flexibility index (Phi) is 3.63. The van der Waals surface area contributed by atoms with E-state index in [1.807, 2.05) is 42.5 Å². The largest absolute Gasteiger partial charge is 0.397 e. The van der Waals surface area contributed by atoms with Crippen LogP contribution in [-0.2, 0) is 0 Å². The van der Waals surface area contributed by atoms with Crippen molar-refractivity contribution in [3.63, 3.8) is 0 Å². The van der Waals surface area contributed by atoms with E-state index in [1.54, 1.807) is 6.20 Å². The second-order valence-electron chi connectivity index (χ2n) is 4.35. The number of benzene rings is 2. The van der Waals surface area contributed by atoms with Gasteiger partial charge in [-0.15, -0.1) is 0 Å². The van der Waals surface area contributed by atoms with Crippen molar-refractivity contribution < 1.29 is 0 Å². The Balaban J connectivity index is 2.11. The molecule has 1 heterocycles. The highest BCUT2D eigenvalue weighted by Crippen LogP contribution is 2.32. The minimum absolute atomic E-state index is 0.680. The quantitative estimate of drug-likeness (QED) is 0.597. The first-order valence-corrected chi connectivity index (χ1v) is 7.59. The van der Waals surface area contributed by atoms with Crippen molar-refractivity contribution in [1.82, 2.24) is 4.98 Å². The molecular formula is C15H11Br2N3. The van der Waals surface area contributed by atoms with E-state index in [4.69, 9.17) is 5.73 Å². The van der Waals surface area contributed by atoms with Crippen LogP contribution in [0.15, 0.2) is 57.6 Å². The molecule has 20 heavy (non-hydrogen) atoms. The molecule has 5 heteroatoms. The van der Waals surface area contributed by atoms with Crippen LogP contribution in [0.25, 0.3) is 10.9 Å². The number of fused-ring (bicyclic) bond motifs is 1. The summed E-state index contributed by atoms with van der Waals surface area (Å²) in [4.78, 5) is 4.34. The Hall–Kier alpha value is -1.59. The van der Waals surface area contributed by atoms with Crippen molar-refractivity contribution >= 4 is 59.8 Å². The average molecular weight is 393 g/mol. The number of nitrogen functional groups attached to an aromatic ring is 1. The van der Waals surface area contributed by atoms with Gasteiger partial charge in [-0.2, -0.15) is 0 Å². The fraction of sp³-hybridized carbons (Fsp3) is 0. The maximum atomic E-state index is 5.97. The molecule has 0 spiro atoms. The molecule has 0 saturated heterocycles. The predicted octanol–water partition coefficient (Wildman–Crippen LogP) is 5.09. The average Bonchev–Trinajstić information content (AvgIpc) is 2.44. The Morgan fingerprint density at radius 1 is 1.00 bits per heavy atom. The number of hydrogen-bond donors (Lipinski definition) is 2. The number of nitrogens with zero attached hydrogens (tertiary/aromatic N) is 1. The highest BCUT2D eigenvalue weighted by Gasteiger charge is 2.06. The van der Waals surface area contributed by atoms with Gasteiger partial charge in [0.05, 0.1) is 16.9 Å². The number of para-hydroxylation sites is 1. The lowest BCUT2D eigenvalue weighted by atomic mass is 10.1. The van der Waals surface area contributed by atoms with Crippen molar-refractivity contribution in [2.24, 2.45) is 0 Å². The summed E-state index contributed by atoms with van der Waals surface area (Å²) in [6.45, 7) is 0. The summed E-state index contributed by atoms with van der Waals surface area (Å²) in [7, 11) is 0. The molecule has 0 amide bonds. The molecule has 0 bridgehead atoms. The van der Waals surface area contributed by atoms with E-state index in [0.29, 0.717) is 5.69 Å². The van der Waals surface area contributed by atoms with Crippen LogP contribution in [0.4, 0.5) is 17.1 Å². The van der Waals surface area contributed by atoms with Gasteiger partial charge in [0, 0.05) is 26.2 Å². The first-order chi connectivity index (χ1) is 9.65. The maximum Gasteiger partial charge on any atom is 0.0951 e. The highest BCUT2D eigenvalue weighted by atomic mass is 79.9. The Bertz CT molecular complexity index is 787. The molecule has 0 aliphatic rings. The van der Waals surface area contributed by atoms with Gasteiger partial charge in [-0.3, -0.25) is 4.98 Å². The van der Waals surface area contributed by atoms with Crippen molar-refractivity contribution in [3.8, 4) is 0 Å². The van der Waals surface area contributed by atoms with E-state index in [0.717, 1.165) is 31.2 Å². The molecule has 100 valence electrons. The van der Waals surface area contributed by atoms with Gasteiger partial charge in [-0.1, -0.05) is 28.1 Å². The summed E-state index contributed by atoms with van der Waals surface area (Å²) >= 11 is 7.02. The molecule has 3 aromatic rings. The van der Waals surface area contributed by atoms with Crippen molar-refractivity contribution in [3.05, 3.63) is 57.6 Å². The summed E-state index contributed by atoms with van der Waals surface area (Å²) in [5.41, 5.74) is 9.41. The van der Waals surface area contributed by atoms with Crippen molar-refractivity contribution in [2.75, 3.05) is 11.1 Å². The molecule has 0 radical (unpaired) electrons. The van der Waals surface area contributed by atoms with Crippen LogP contribution < -0.4 is 11.1 Å². The molecule has 0 aliphatic heterocycles.